The molecule has 156 valence electrons. The Kier molecular flexibility index (Phi) is 6.78. The van der Waals surface area contributed by atoms with Crippen LogP contribution < -0.4 is 0 Å². The Morgan fingerprint density at radius 1 is 0.929 bits per heavy atom. The zero-order chi connectivity index (χ0) is 20.6. The summed E-state index contributed by atoms with van der Waals surface area (Å²) in [6.45, 7) is 14.0. The van der Waals surface area contributed by atoms with Gasteiger partial charge < -0.3 is 9.47 Å². The van der Waals surface area contributed by atoms with Crippen LogP contribution in [0, 0.1) is 5.92 Å². The van der Waals surface area contributed by atoms with Crippen molar-refractivity contribution in [3.63, 3.8) is 0 Å². The summed E-state index contributed by atoms with van der Waals surface area (Å²) in [6, 6.07) is 4.40. The monoisotopic (exact) mass is 406 g/mol. The minimum absolute atomic E-state index is 0.0831. The third-order valence-corrected chi connectivity index (χ3v) is 7.89. The highest BCUT2D eigenvalue weighted by Crippen LogP contribution is 2.40. The van der Waals surface area contributed by atoms with E-state index in [0.717, 1.165) is 16.0 Å². The topological polar surface area (TPSA) is 52.6 Å². The van der Waals surface area contributed by atoms with Gasteiger partial charge in [-0.05, 0) is 40.9 Å². The van der Waals surface area contributed by atoms with Crippen LogP contribution in [0.5, 0.6) is 0 Å². The van der Waals surface area contributed by atoms with Gasteiger partial charge >= 0.3 is 0 Å². The van der Waals surface area contributed by atoms with Gasteiger partial charge in [-0.1, -0.05) is 53.7 Å². The lowest BCUT2D eigenvalue weighted by Gasteiger charge is -2.27. The van der Waals surface area contributed by atoms with E-state index >= 15 is 0 Å². The second-order valence-electron chi connectivity index (χ2n) is 8.99. The Bertz CT molecular complexity index is 718. The van der Waals surface area contributed by atoms with Crippen molar-refractivity contribution in [3.8, 4) is 0 Å². The molecule has 1 aliphatic heterocycles. The summed E-state index contributed by atoms with van der Waals surface area (Å²) in [7, 11) is -1.41. The summed E-state index contributed by atoms with van der Waals surface area (Å²) in [4.78, 5) is 13.7. The molecule has 1 saturated heterocycles. The summed E-state index contributed by atoms with van der Waals surface area (Å²) in [5.41, 5.74) is 3.49. The maximum Gasteiger partial charge on any atom is 0.162 e. The summed E-state index contributed by atoms with van der Waals surface area (Å²) in [5, 5.41) is -0.539. The van der Waals surface area contributed by atoms with Crippen LogP contribution in [0.25, 0.3) is 0 Å². The second kappa shape index (κ2) is 8.76. The Morgan fingerprint density at radius 3 is 1.93 bits per heavy atom. The molecule has 1 aromatic carbocycles. The van der Waals surface area contributed by atoms with Gasteiger partial charge in [-0.2, -0.15) is 0 Å². The van der Waals surface area contributed by atoms with Crippen molar-refractivity contribution >= 4 is 16.6 Å². The summed E-state index contributed by atoms with van der Waals surface area (Å²) >= 11 is 0. The second-order valence-corrected chi connectivity index (χ2v) is 10.5. The maximum atomic E-state index is 13.9. The average Bonchev–Trinajstić information content (AvgIpc) is 3.29. The number of ether oxygens (including phenoxy) is 2. The molecule has 1 heterocycles. The molecule has 0 amide bonds. The van der Waals surface area contributed by atoms with E-state index < -0.39 is 22.3 Å². The fourth-order valence-electron chi connectivity index (χ4n) is 4.27. The normalized spacial score (nSPS) is 24.8. The third-order valence-electron chi connectivity index (χ3n) is 5.94. The van der Waals surface area contributed by atoms with Gasteiger partial charge in [0.1, 0.15) is 11.0 Å². The largest absolute Gasteiger partial charge is 0.350 e. The molecule has 3 rings (SSSR count). The molecule has 5 heteroatoms. The van der Waals surface area contributed by atoms with Gasteiger partial charge in [-0.25, -0.2) is 0 Å². The lowest BCUT2D eigenvalue weighted by atomic mass is 9.89. The lowest BCUT2D eigenvalue weighted by molar-refractivity contribution is -0.119. The zero-order valence-electron chi connectivity index (χ0n) is 18.0. The van der Waals surface area contributed by atoms with Crippen LogP contribution in [-0.4, -0.2) is 34.7 Å². The van der Waals surface area contributed by atoms with Crippen molar-refractivity contribution in [1.29, 1.82) is 0 Å². The number of Topliss-reactive ketones (excluding diaryl/α,β-unsaturated/α-hetero) is 1. The van der Waals surface area contributed by atoms with E-state index in [2.05, 4.69) is 53.7 Å². The Morgan fingerprint density at radius 2 is 1.46 bits per heavy atom. The van der Waals surface area contributed by atoms with Crippen LogP contribution in [0.1, 0.15) is 88.8 Å². The highest BCUT2D eigenvalue weighted by Gasteiger charge is 2.46. The minimum Gasteiger partial charge on any atom is -0.350 e. The van der Waals surface area contributed by atoms with Gasteiger partial charge in [0.05, 0.1) is 24.0 Å². The Hall–Kier alpha value is -1.04. The highest BCUT2D eigenvalue weighted by atomic mass is 32.2. The average molecular weight is 407 g/mol. The van der Waals surface area contributed by atoms with Crippen LogP contribution >= 0.6 is 0 Å². The van der Waals surface area contributed by atoms with Crippen LogP contribution in [0.15, 0.2) is 17.0 Å². The van der Waals surface area contributed by atoms with E-state index in [4.69, 9.17) is 9.47 Å². The molecule has 0 spiro atoms. The molecule has 2 aliphatic rings. The summed E-state index contributed by atoms with van der Waals surface area (Å²) in [6.07, 6.45) is 0.751. The quantitative estimate of drug-likeness (QED) is 0.675. The van der Waals surface area contributed by atoms with Crippen molar-refractivity contribution in [2.75, 3.05) is 13.2 Å². The molecule has 1 aliphatic carbocycles. The number of carbonyl (C=O) groups is 1. The van der Waals surface area contributed by atoms with Crippen molar-refractivity contribution in [1.82, 2.24) is 0 Å². The van der Waals surface area contributed by atoms with Crippen molar-refractivity contribution in [2.45, 2.75) is 88.6 Å². The fraction of sp³-hybridized carbons (Fsp3) is 0.696. The van der Waals surface area contributed by atoms with E-state index in [0.29, 0.717) is 32.0 Å². The smallest absolute Gasteiger partial charge is 0.162 e. The first kappa shape index (κ1) is 21.7. The predicted octanol–water partition coefficient (Wildman–Crippen LogP) is 4.89. The molecule has 0 aromatic heterocycles. The molecule has 4 nitrogen and oxygen atoms in total. The lowest BCUT2D eigenvalue weighted by Crippen LogP contribution is -2.36. The third kappa shape index (κ3) is 4.12. The zero-order valence-corrected chi connectivity index (χ0v) is 18.8. The summed E-state index contributed by atoms with van der Waals surface area (Å²) < 4.78 is 25.3. The minimum atomic E-state index is -1.41. The number of benzene rings is 1. The van der Waals surface area contributed by atoms with Crippen molar-refractivity contribution in [3.05, 3.63) is 28.8 Å². The van der Waals surface area contributed by atoms with Gasteiger partial charge in [0.15, 0.2) is 6.29 Å². The molecule has 1 saturated carbocycles. The molecular formula is C23H34O4S. The van der Waals surface area contributed by atoms with E-state index in [1.807, 2.05) is 0 Å². The molecule has 1 aromatic rings. The fourth-order valence-corrected chi connectivity index (χ4v) is 6.52. The predicted molar refractivity (Wildman–Crippen MR) is 112 cm³/mol. The van der Waals surface area contributed by atoms with E-state index in [9.17, 15) is 9.00 Å². The Labute approximate surface area is 171 Å². The van der Waals surface area contributed by atoms with Gasteiger partial charge in [-0.15, -0.1) is 0 Å². The van der Waals surface area contributed by atoms with Gasteiger partial charge in [0, 0.05) is 17.2 Å². The number of carbonyl (C=O) groups excluding carboxylic acids is 1. The Balaban J connectivity index is 2.09. The number of rotatable bonds is 6. The van der Waals surface area contributed by atoms with Gasteiger partial charge in [0.25, 0.3) is 0 Å². The SMILES string of the molecule is CC(C)c1cc(C(C)C)c(S(=O)C2C(=O)CC[C@H]2C2OCCO2)c(C(C)C)c1. The molecular weight excluding hydrogens is 372 g/mol. The van der Waals surface area contributed by atoms with Crippen molar-refractivity contribution < 1.29 is 18.5 Å². The standard InChI is InChI=1S/C23H34O4S/c1-13(2)16-11-18(14(3)4)21(19(12-16)15(5)6)28(25)22-17(7-8-20(22)24)23-26-9-10-27-23/h11-15,17,22-23H,7-10H2,1-6H3/t17-,22?,28?/m1/s1. The maximum absolute atomic E-state index is 13.9. The molecule has 3 atom stereocenters. The van der Waals surface area contributed by atoms with E-state index in [1.165, 1.54) is 5.56 Å². The molecule has 0 N–H and O–H groups in total. The van der Waals surface area contributed by atoms with Gasteiger partial charge in [-0.3, -0.25) is 9.00 Å². The molecule has 28 heavy (non-hydrogen) atoms. The number of hydrogen-bond acceptors (Lipinski definition) is 4. The van der Waals surface area contributed by atoms with Crippen LogP contribution in [0.2, 0.25) is 0 Å². The first-order chi connectivity index (χ1) is 13.2. The van der Waals surface area contributed by atoms with Crippen LogP contribution in [0.3, 0.4) is 0 Å². The number of hydrogen-bond donors (Lipinski definition) is 0. The molecule has 2 fully saturated rings. The molecule has 2 unspecified atom stereocenters. The van der Waals surface area contributed by atoms with Crippen LogP contribution in [0.4, 0.5) is 0 Å². The molecule has 0 bridgehead atoms. The number of ketones is 1. The van der Waals surface area contributed by atoms with Crippen molar-refractivity contribution in [2.24, 2.45) is 5.92 Å². The molecule has 0 radical (unpaired) electrons. The van der Waals surface area contributed by atoms with E-state index in [1.54, 1.807) is 0 Å². The first-order valence-electron chi connectivity index (χ1n) is 10.6. The van der Waals surface area contributed by atoms with E-state index in [-0.39, 0.29) is 23.5 Å². The first-order valence-corrected chi connectivity index (χ1v) is 11.8. The van der Waals surface area contributed by atoms with Gasteiger partial charge in [0.2, 0.25) is 0 Å². The highest BCUT2D eigenvalue weighted by molar-refractivity contribution is 7.86. The van der Waals surface area contributed by atoms with Crippen LogP contribution in [-0.2, 0) is 25.1 Å². The summed E-state index contributed by atoms with van der Waals surface area (Å²) in [5.74, 6) is 0.840.